The van der Waals surface area contributed by atoms with Crippen LogP contribution < -0.4 is 4.90 Å². The first-order chi connectivity index (χ1) is 9.28. The van der Waals surface area contributed by atoms with Crippen molar-refractivity contribution in [3.05, 3.63) is 47.8 Å². The third-order valence-corrected chi connectivity index (χ3v) is 3.63. The second kappa shape index (κ2) is 4.74. The molecule has 0 bridgehead atoms. The molecule has 2 heterocycles. The lowest BCUT2D eigenvalue weighted by molar-refractivity contribution is 0.745. The summed E-state index contributed by atoms with van der Waals surface area (Å²) in [6.07, 6.45) is 5.73. The van der Waals surface area contributed by atoms with Crippen molar-refractivity contribution in [2.45, 2.75) is 12.8 Å². The van der Waals surface area contributed by atoms with E-state index < -0.39 is 0 Å². The van der Waals surface area contributed by atoms with Gasteiger partial charge in [-0.05, 0) is 42.2 Å². The predicted octanol–water partition coefficient (Wildman–Crippen LogP) is 3.00. The molecule has 1 aromatic heterocycles. The zero-order valence-corrected chi connectivity index (χ0v) is 10.9. The van der Waals surface area contributed by atoms with Gasteiger partial charge in [0.1, 0.15) is 6.07 Å². The number of nitriles is 1. The van der Waals surface area contributed by atoms with Crippen LogP contribution in [0.5, 0.6) is 0 Å². The van der Waals surface area contributed by atoms with Crippen LogP contribution >= 0.6 is 0 Å². The second-order valence-corrected chi connectivity index (χ2v) is 4.94. The number of aryl methyl sites for hydroxylation is 1. The molecule has 0 amide bonds. The number of rotatable bonds is 1. The summed E-state index contributed by atoms with van der Waals surface area (Å²) in [5.41, 5.74) is 5.45. The van der Waals surface area contributed by atoms with Gasteiger partial charge in [0.25, 0.3) is 0 Å². The quantitative estimate of drug-likeness (QED) is 0.780. The minimum atomic E-state index is 0.604. The van der Waals surface area contributed by atoms with Gasteiger partial charge < -0.3 is 4.90 Å². The Balaban J connectivity index is 2.04. The van der Waals surface area contributed by atoms with Crippen molar-refractivity contribution in [2.75, 3.05) is 18.5 Å². The van der Waals surface area contributed by atoms with Gasteiger partial charge in [0.05, 0.1) is 5.56 Å². The minimum absolute atomic E-state index is 0.604. The molecule has 0 fully saturated rings. The first kappa shape index (κ1) is 11.7. The van der Waals surface area contributed by atoms with Crippen LogP contribution in [-0.2, 0) is 6.42 Å². The Bertz CT molecular complexity index is 655. The van der Waals surface area contributed by atoms with E-state index in [-0.39, 0.29) is 0 Å². The van der Waals surface area contributed by atoms with E-state index in [9.17, 15) is 0 Å². The summed E-state index contributed by atoms with van der Waals surface area (Å²) in [4.78, 5) is 6.42. The molecular weight excluding hydrogens is 234 g/mol. The highest BCUT2D eigenvalue weighted by atomic mass is 15.1. The molecule has 3 rings (SSSR count). The van der Waals surface area contributed by atoms with Gasteiger partial charge in [-0.1, -0.05) is 6.07 Å². The number of fused-ring (bicyclic) bond motifs is 1. The first-order valence-electron chi connectivity index (χ1n) is 6.47. The van der Waals surface area contributed by atoms with Crippen LogP contribution in [-0.4, -0.2) is 18.6 Å². The largest absolute Gasteiger partial charge is 0.374 e. The van der Waals surface area contributed by atoms with Crippen LogP contribution in [0.15, 0.2) is 36.7 Å². The van der Waals surface area contributed by atoms with Crippen LogP contribution in [0, 0.1) is 11.3 Å². The number of pyridine rings is 1. The number of hydrogen-bond acceptors (Lipinski definition) is 3. The normalized spacial score (nSPS) is 13.8. The molecule has 0 spiro atoms. The Hall–Kier alpha value is -2.34. The van der Waals surface area contributed by atoms with Crippen molar-refractivity contribution in [2.24, 2.45) is 0 Å². The minimum Gasteiger partial charge on any atom is -0.374 e. The first-order valence-corrected chi connectivity index (χ1v) is 6.47. The molecule has 0 saturated heterocycles. The van der Waals surface area contributed by atoms with Crippen LogP contribution in [0.2, 0.25) is 0 Å². The highest BCUT2D eigenvalue weighted by Gasteiger charge is 2.14. The molecule has 0 saturated carbocycles. The topological polar surface area (TPSA) is 39.9 Å². The lowest BCUT2D eigenvalue weighted by Crippen LogP contribution is -2.24. The zero-order chi connectivity index (χ0) is 13.2. The van der Waals surface area contributed by atoms with Crippen molar-refractivity contribution in [3.8, 4) is 17.2 Å². The zero-order valence-electron chi connectivity index (χ0n) is 10.9. The monoisotopic (exact) mass is 249 g/mol. The molecule has 3 nitrogen and oxygen atoms in total. The van der Waals surface area contributed by atoms with E-state index in [0.717, 1.165) is 24.1 Å². The molecule has 94 valence electrons. The van der Waals surface area contributed by atoms with E-state index in [4.69, 9.17) is 5.26 Å². The number of hydrogen-bond donors (Lipinski definition) is 0. The van der Waals surface area contributed by atoms with Crippen molar-refractivity contribution in [1.29, 1.82) is 5.26 Å². The Labute approximate surface area is 113 Å². The average molecular weight is 249 g/mol. The molecule has 0 atom stereocenters. The molecule has 0 radical (unpaired) electrons. The highest BCUT2D eigenvalue weighted by Crippen LogP contribution is 2.30. The standard InChI is InChI=1S/C16H15N3/c1-19-6-2-3-14-8-13(4-5-16(14)19)15-7-12(9-17)10-18-11-15/h4-5,7-8,10-11H,2-3,6H2,1H3. The summed E-state index contributed by atoms with van der Waals surface area (Å²) in [5.74, 6) is 0. The molecule has 0 unspecified atom stereocenters. The summed E-state index contributed by atoms with van der Waals surface area (Å²) in [5, 5.41) is 8.94. The van der Waals surface area contributed by atoms with Crippen molar-refractivity contribution in [1.82, 2.24) is 4.98 Å². The lowest BCUT2D eigenvalue weighted by Gasteiger charge is -2.27. The average Bonchev–Trinajstić information content (AvgIpc) is 2.47. The Morgan fingerprint density at radius 3 is 2.95 bits per heavy atom. The van der Waals surface area contributed by atoms with E-state index in [0.29, 0.717) is 5.56 Å². The molecule has 2 aromatic rings. The number of benzene rings is 1. The highest BCUT2D eigenvalue weighted by molar-refractivity contribution is 5.69. The number of aromatic nitrogens is 1. The summed E-state index contributed by atoms with van der Waals surface area (Å²) in [6.45, 7) is 1.12. The lowest BCUT2D eigenvalue weighted by atomic mass is 9.97. The third kappa shape index (κ3) is 2.17. The molecule has 1 aliphatic heterocycles. The van der Waals surface area contributed by atoms with Gasteiger partial charge in [0.15, 0.2) is 0 Å². The van der Waals surface area contributed by atoms with E-state index >= 15 is 0 Å². The molecule has 0 N–H and O–H groups in total. The van der Waals surface area contributed by atoms with E-state index in [1.807, 2.05) is 12.3 Å². The van der Waals surface area contributed by atoms with Crippen molar-refractivity contribution >= 4 is 5.69 Å². The molecule has 0 aliphatic carbocycles. The molecule has 3 heteroatoms. The van der Waals surface area contributed by atoms with Gasteiger partial charge in [-0.15, -0.1) is 0 Å². The van der Waals surface area contributed by atoms with Gasteiger partial charge in [-0.2, -0.15) is 5.26 Å². The van der Waals surface area contributed by atoms with Gasteiger partial charge in [0.2, 0.25) is 0 Å². The van der Waals surface area contributed by atoms with Gasteiger partial charge in [-0.25, -0.2) is 0 Å². The maximum absolute atomic E-state index is 8.94. The van der Waals surface area contributed by atoms with E-state index in [2.05, 4.69) is 41.2 Å². The fourth-order valence-corrected chi connectivity index (χ4v) is 2.62. The Morgan fingerprint density at radius 1 is 1.21 bits per heavy atom. The SMILES string of the molecule is CN1CCCc2cc(-c3cncc(C#N)c3)ccc21. The van der Waals surface area contributed by atoms with Crippen molar-refractivity contribution in [3.63, 3.8) is 0 Å². The summed E-state index contributed by atoms with van der Waals surface area (Å²) in [7, 11) is 2.13. The van der Waals surface area contributed by atoms with Gasteiger partial charge in [-0.3, -0.25) is 4.98 Å². The number of anilines is 1. The van der Waals surface area contributed by atoms with Crippen LogP contribution in [0.3, 0.4) is 0 Å². The summed E-state index contributed by atoms with van der Waals surface area (Å²) < 4.78 is 0. The van der Waals surface area contributed by atoms with Gasteiger partial charge >= 0.3 is 0 Å². The fourth-order valence-electron chi connectivity index (χ4n) is 2.62. The molecule has 1 aromatic carbocycles. The van der Waals surface area contributed by atoms with E-state index in [1.54, 1.807) is 6.20 Å². The van der Waals surface area contributed by atoms with E-state index in [1.165, 1.54) is 17.7 Å². The second-order valence-electron chi connectivity index (χ2n) is 4.94. The van der Waals surface area contributed by atoms with Crippen LogP contribution in [0.25, 0.3) is 11.1 Å². The van der Waals surface area contributed by atoms with Crippen LogP contribution in [0.1, 0.15) is 17.5 Å². The van der Waals surface area contributed by atoms with Crippen molar-refractivity contribution < 1.29 is 0 Å². The maximum Gasteiger partial charge on any atom is 0.101 e. The molecule has 1 aliphatic rings. The smallest absolute Gasteiger partial charge is 0.101 e. The predicted molar refractivity (Wildman–Crippen MR) is 76.0 cm³/mol. The molecular formula is C16H15N3. The Kier molecular flexibility index (Phi) is 2.92. The maximum atomic E-state index is 8.94. The molecule has 19 heavy (non-hydrogen) atoms. The fraction of sp³-hybridized carbons (Fsp3) is 0.250. The van der Waals surface area contributed by atoms with Crippen LogP contribution in [0.4, 0.5) is 5.69 Å². The summed E-state index contributed by atoms with van der Waals surface area (Å²) >= 11 is 0. The van der Waals surface area contributed by atoms with Gasteiger partial charge in [0, 0.05) is 37.2 Å². The number of nitrogens with zero attached hydrogens (tertiary/aromatic N) is 3. The Morgan fingerprint density at radius 2 is 2.11 bits per heavy atom. The third-order valence-electron chi connectivity index (χ3n) is 3.63. The summed E-state index contributed by atoms with van der Waals surface area (Å²) in [6, 6.07) is 10.5.